The van der Waals surface area contributed by atoms with Gasteiger partial charge in [0.15, 0.2) is 15.0 Å². The number of hydrogen-bond donors (Lipinski definition) is 1. The Hall–Kier alpha value is -0.230. The van der Waals surface area contributed by atoms with Crippen LogP contribution in [0.15, 0.2) is 4.99 Å². The number of sulfone groups is 1. The van der Waals surface area contributed by atoms with E-state index in [4.69, 9.17) is 0 Å². The Bertz CT molecular complexity index is 339. The van der Waals surface area contributed by atoms with E-state index in [2.05, 4.69) is 17.2 Å². The lowest BCUT2D eigenvalue weighted by atomic mass is 10.2. The average molecular weight is 264 g/mol. The van der Waals surface area contributed by atoms with Crippen molar-refractivity contribution in [1.82, 2.24) is 5.32 Å². The highest BCUT2D eigenvalue weighted by Crippen LogP contribution is 2.15. The lowest BCUT2D eigenvalue weighted by Gasteiger charge is -2.24. The van der Waals surface area contributed by atoms with E-state index in [0.29, 0.717) is 12.6 Å². The van der Waals surface area contributed by atoms with Gasteiger partial charge in [-0.05, 0) is 12.8 Å². The van der Waals surface area contributed by atoms with Crippen molar-refractivity contribution in [3.63, 3.8) is 0 Å². The molecular formula is C10H20N2O2S2. The fraction of sp³-hybridized carbons (Fsp3) is 0.900. The van der Waals surface area contributed by atoms with Gasteiger partial charge < -0.3 is 5.32 Å². The number of hydrogen-bond acceptors (Lipinski definition) is 4. The summed E-state index contributed by atoms with van der Waals surface area (Å²) in [5, 5.41) is 4.23. The van der Waals surface area contributed by atoms with E-state index in [9.17, 15) is 8.42 Å². The topological polar surface area (TPSA) is 58.5 Å². The van der Waals surface area contributed by atoms with Gasteiger partial charge in [0.25, 0.3) is 0 Å². The summed E-state index contributed by atoms with van der Waals surface area (Å²) in [6, 6.07) is 0.503. The lowest BCUT2D eigenvalue weighted by Crippen LogP contribution is -2.37. The predicted molar refractivity (Wildman–Crippen MR) is 70.9 cm³/mol. The Morgan fingerprint density at radius 1 is 1.50 bits per heavy atom. The minimum atomic E-state index is -2.88. The molecule has 1 rings (SSSR count). The van der Waals surface area contributed by atoms with Gasteiger partial charge in [-0.2, -0.15) is 0 Å². The van der Waals surface area contributed by atoms with Crippen molar-refractivity contribution in [1.29, 1.82) is 0 Å². The second-order valence-electron chi connectivity index (χ2n) is 3.81. The van der Waals surface area contributed by atoms with Crippen molar-refractivity contribution in [2.75, 3.05) is 23.8 Å². The van der Waals surface area contributed by atoms with Crippen LogP contribution in [0.3, 0.4) is 0 Å². The van der Waals surface area contributed by atoms with Crippen molar-refractivity contribution < 1.29 is 8.42 Å². The van der Waals surface area contributed by atoms with E-state index in [-0.39, 0.29) is 11.5 Å². The standard InChI is InChI=1S/C10H20N2O2S2/c1-3-9-5-7-15-10(12-9)11-6-8-16(13,14)4-2/h9H,3-8H2,1-2H3,(H,11,12). The van der Waals surface area contributed by atoms with Gasteiger partial charge in [-0.3, -0.25) is 4.99 Å². The van der Waals surface area contributed by atoms with Gasteiger partial charge in [0.1, 0.15) is 0 Å². The number of rotatable bonds is 5. The molecule has 1 atom stereocenters. The highest BCUT2D eigenvalue weighted by Gasteiger charge is 2.15. The van der Waals surface area contributed by atoms with Gasteiger partial charge in [0, 0.05) is 17.5 Å². The van der Waals surface area contributed by atoms with E-state index >= 15 is 0 Å². The van der Waals surface area contributed by atoms with Crippen molar-refractivity contribution in [3.05, 3.63) is 0 Å². The average Bonchev–Trinajstić information content (AvgIpc) is 2.29. The third-order valence-electron chi connectivity index (χ3n) is 2.62. The maximum Gasteiger partial charge on any atom is 0.156 e. The maximum absolute atomic E-state index is 11.3. The van der Waals surface area contributed by atoms with Gasteiger partial charge in [-0.15, -0.1) is 0 Å². The molecular weight excluding hydrogens is 244 g/mol. The predicted octanol–water partition coefficient (Wildman–Crippen LogP) is 1.28. The van der Waals surface area contributed by atoms with Crippen LogP contribution in [-0.4, -0.2) is 43.4 Å². The van der Waals surface area contributed by atoms with Gasteiger partial charge in [-0.1, -0.05) is 25.6 Å². The van der Waals surface area contributed by atoms with Gasteiger partial charge in [0.05, 0.1) is 12.3 Å². The third kappa shape index (κ3) is 4.74. The second kappa shape index (κ2) is 6.49. The first kappa shape index (κ1) is 13.8. The normalized spacial score (nSPS) is 24.4. The number of nitrogens with zero attached hydrogens (tertiary/aromatic N) is 1. The van der Waals surface area contributed by atoms with Crippen LogP contribution in [0.2, 0.25) is 0 Å². The quantitative estimate of drug-likeness (QED) is 0.813. The molecule has 1 aliphatic rings. The Morgan fingerprint density at radius 2 is 2.25 bits per heavy atom. The fourth-order valence-corrected chi connectivity index (χ4v) is 3.10. The molecule has 0 bridgehead atoms. The molecule has 1 heterocycles. The number of thioether (sulfide) groups is 1. The minimum Gasteiger partial charge on any atom is -0.362 e. The van der Waals surface area contributed by atoms with Crippen molar-refractivity contribution in [2.24, 2.45) is 4.99 Å². The van der Waals surface area contributed by atoms with Crippen LogP contribution in [0.1, 0.15) is 26.7 Å². The molecule has 0 aromatic rings. The molecule has 1 fully saturated rings. The summed E-state index contributed by atoms with van der Waals surface area (Å²) in [5.74, 6) is 1.44. The summed E-state index contributed by atoms with van der Waals surface area (Å²) >= 11 is 1.68. The SMILES string of the molecule is CCC1CCSC(=NCCS(=O)(=O)CC)N1. The molecule has 6 heteroatoms. The molecule has 16 heavy (non-hydrogen) atoms. The van der Waals surface area contributed by atoms with Crippen molar-refractivity contribution in [3.8, 4) is 0 Å². The second-order valence-corrected chi connectivity index (χ2v) is 7.37. The van der Waals surface area contributed by atoms with E-state index in [0.717, 1.165) is 23.8 Å². The summed E-state index contributed by atoms with van der Waals surface area (Å²) in [5.41, 5.74) is 0. The summed E-state index contributed by atoms with van der Waals surface area (Å²) in [6.07, 6.45) is 2.25. The van der Waals surface area contributed by atoms with Crippen LogP contribution in [0.5, 0.6) is 0 Å². The number of nitrogens with one attached hydrogen (secondary N) is 1. The van der Waals surface area contributed by atoms with Crippen LogP contribution in [-0.2, 0) is 9.84 Å². The molecule has 94 valence electrons. The molecule has 1 saturated heterocycles. The molecule has 1 N–H and O–H groups in total. The van der Waals surface area contributed by atoms with E-state index in [1.807, 2.05) is 0 Å². The molecule has 0 amide bonds. The Kier molecular flexibility index (Phi) is 5.61. The van der Waals surface area contributed by atoms with E-state index < -0.39 is 9.84 Å². The highest BCUT2D eigenvalue weighted by molar-refractivity contribution is 8.13. The Labute approximate surface area is 102 Å². The zero-order valence-electron chi connectivity index (χ0n) is 9.90. The minimum absolute atomic E-state index is 0.159. The van der Waals surface area contributed by atoms with E-state index in [1.165, 1.54) is 0 Å². The monoisotopic (exact) mass is 264 g/mol. The molecule has 0 aromatic carbocycles. The first-order valence-corrected chi connectivity index (χ1v) is 8.52. The Morgan fingerprint density at radius 3 is 2.88 bits per heavy atom. The lowest BCUT2D eigenvalue weighted by molar-refractivity contribution is 0.571. The first-order valence-electron chi connectivity index (χ1n) is 5.71. The molecule has 1 unspecified atom stereocenters. The number of aliphatic imine (C=N–C) groups is 1. The van der Waals surface area contributed by atoms with Crippen molar-refractivity contribution in [2.45, 2.75) is 32.7 Å². The van der Waals surface area contributed by atoms with Crippen LogP contribution in [0.25, 0.3) is 0 Å². The third-order valence-corrected chi connectivity index (χ3v) is 5.27. The summed E-state index contributed by atoms with van der Waals surface area (Å²) in [6.45, 7) is 4.19. The molecule has 0 aromatic heterocycles. The smallest absolute Gasteiger partial charge is 0.156 e. The molecule has 0 radical (unpaired) electrons. The molecule has 0 saturated carbocycles. The van der Waals surface area contributed by atoms with Gasteiger partial charge in [0.2, 0.25) is 0 Å². The van der Waals surface area contributed by atoms with Crippen LogP contribution in [0, 0.1) is 0 Å². The fourth-order valence-electron chi connectivity index (χ4n) is 1.41. The summed E-state index contributed by atoms with van der Waals surface area (Å²) in [7, 11) is -2.88. The summed E-state index contributed by atoms with van der Waals surface area (Å²) in [4.78, 5) is 4.30. The first-order chi connectivity index (χ1) is 7.57. The maximum atomic E-state index is 11.3. The summed E-state index contributed by atoms with van der Waals surface area (Å²) < 4.78 is 22.5. The molecule has 0 aliphatic carbocycles. The highest BCUT2D eigenvalue weighted by atomic mass is 32.2. The van der Waals surface area contributed by atoms with Gasteiger partial charge >= 0.3 is 0 Å². The molecule has 4 nitrogen and oxygen atoms in total. The van der Waals surface area contributed by atoms with Crippen LogP contribution in [0.4, 0.5) is 0 Å². The number of amidine groups is 1. The Balaban J connectivity index is 2.39. The van der Waals surface area contributed by atoms with E-state index in [1.54, 1.807) is 18.7 Å². The van der Waals surface area contributed by atoms with Gasteiger partial charge in [-0.25, -0.2) is 8.42 Å². The van der Waals surface area contributed by atoms with Crippen molar-refractivity contribution >= 4 is 26.8 Å². The van der Waals surface area contributed by atoms with Crippen LogP contribution < -0.4 is 5.32 Å². The molecule has 0 spiro atoms. The largest absolute Gasteiger partial charge is 0.362 e. The zero-order chi connectivity index (χ0) is 12.0. The zero-order valence-corrected chi connectivity index (χ0v) is 11.5. The molecule has 1 aliphatic heterocycles. The van der Waals surface area contributed by atoms with Crippen LogP contribution >= 0.6 is 11.8 Å².